The SMILES string of the molecule is CCCN(C(=O)c1ccc(Cl)cc1)c1cccc(N)c1. The molecule has 0 heterocycles. The smallest absolute Gasteiger partial charge is 0.258 e. The Kier molecular flexibility index (Phi) is 4.64. The number of nitrogens with two attached hydrogens (primary N) is 1. The van der Waals surface area contributed by atoms with E-state index in [9.17, 15) is 4.79 Å². The van der Waals surface area contributed by atoms with Crippen molar-refractivity contribution in [2.75, 3.05) is 17.2 Å². The fourth-order valence-corrected chi connectivity index (χ4v) is 2.14. The van der Waals surface area contributed by atoms with Crippen LogP contribution in [0.2, 0.25) is 5.02 Å². The first-order valence-corrected chi connectivity index (χ1v) is 6.92. The van der Waals surface area contributed by atoms with Crippen LogP contribution in [0.4, 0.5) is 11.4 Å². The zero-order valence-corrected chi connectivity index (χ0v) is 12.1. The first-order valence-electron chi connectivity index (χ1n) is 6.55. The van der Waals surface area contributed by atoms with Gasteiger partial charge in [0.25, 0.3) is 5.91 Å². The molecule has 0 aliphatic heterocycles. The first kappa shape index (κ1) is 14.4. The van der Waals surface area contributed by atoms with Crippen molar-refractivity contribution >= 4 is 28.9 Å². The predicted octanol–water partition coefficient (Wildman–Crippen LogP) is 3.98. The van der Waals surface area contributed by atoms with Crippen molar-refractivity contribution in [1.82, 2.24) is 0 Å². The molecule has 0 atom stereocenters. The van der Waals surface area contributed by atoms with Gasteiger partial charge < -0.3 is 10.6 Å². The lowest BCUT2D eigenvalue weighted by atomic mass is 10.1. The predicted molar refractivity (Wildman–Crippen MR) is 84.3 cm³/mol. The second-order valence-corrected chi connectivity index (χ2v) is 5.00. The van der Waals surface area contributed by atoms with Crippen LogP contribution in [0.1, 0.15) is 23.7 Å². The number of hydrogen-bond donors (Lipinski definition) is 1. The van der Waals surface area contributed by atoms with Crippen molar-refractivity contribution < 1.29 is 4.79 Å². The summed E-state index contributed by atoms with van der Waals surface area (Å²) in [7, 11) is 0. The minimum absolute atomic E-state index is 0.0471. The van der Waals surface area contributed by atoms with E-state index >= 15 is 0 Å². The number of rotatable bonds is 4. The van der Waals surface area contributed by atoms with Gasteiger partial charge in [0.1, 0.15) is 0 Å². The Morgan fingerprint density at radius 2 is 1.90 bits per heavy atom. The summed E-state index contributed by atoms with van der Waals surface area (Å²) < 4.78 is 0. The van der Waals surface area contributed by atoms with Gasteiger partial charge in [0.05, 0.1) is 0 Å². The third-order valence-electron chi connectivity index (χ3n) is 2.97. The molecule has 0 saturated heterocycles. The number of anilines is 2. The molecule has 2 aromatic carbocycles. The van der Waals surface area contributed by atoms with E-state index in [1.54, 1.807) is 35.2 Å². The Labute approximate surface area is 124 Å². The standard InChI is InChI=1S/C16H17ClN2O/c1-2-10-19(15-5-3-4-14(18)11-15)16(20)12-6-8-13(17)9-7-12/h3-9,11H,2,10,18H2,1H3. The van der Waals surface area contributed by atoms with E-state index in [2.05, 4.69) is 0 Å². The van der Waals surface area contributed by atoms with Crippen LogP contribution in [0.5, 0.6) is 0 Å². The summed E-state index contributed by atoms with van der Waals surface area (Å²) in [6, 6.07) is 14.3. The molecule has 2 N–H and O–H groups in total. The zero-order valence-electron chi connectivity index (χ0n) is 11.3. The molecule has 4 heteroatoms. The molecule has 2 aromatic rings. The van der Waals surface area contributed by atoms with Gasteiger partial charge in [0, 0.05) is 28.5 Å². The van der Waals surface area contributed by atoms with Gasteiger partial charge in [-0.1, -0.05) is 24.6 Å². The van der Waals surface area contributed by atoms with Crippen LogP contribution in [0, 0.1) is 0 Å². The second-order valence-electron chi connectivity index (χ2n) is 4.56. The van der Waals surface area contributed by atoms with Gasteiger partial charge in [0.15, 0.2) is 0 Å². The quantitative estimate of drug-likeness (QED) is 0.865. The molecule has 104 valence electrons. The molecular formula is C16H17ClN2O. The molecule has 20 heavy (non-hydrogen) atoms. The van der Waals surface area contributed by atoms with Crippen molar-refractivity contribution in [2.24, 2.45) is 0 Å². The van der Waals surface area contributed by atoms with Crippen LogP contribution in [0.3, 0.4) is 0 Å². The molecule has 0 fully saturated rings. The van der Waals surface area contributed by atoms with Crippen molar-refractivity contribution in [1.29, 1.82) is 0 Å². The Morgan fingerprint density at radius 3 is 2.50 bits per heavy atom. The van der Waals surface area contributed by atoms with E-state index in [0.717, 1.165) is 12.1 Å². The molecule has 0 unspecified atom stereocenters. The summed E-state index contributed by atoms with van der Waals surface area (Å²) in [4.78, 5) is 14.3. The van der Waals surface area contributed by atoms with Crippen molar-refractivity contribution in [3.8, 4) is 0 Å². The van der Waals surface area contributed by atoms with E-state index in [1.165, 1.54) is 0 Å². The van der Waals surface area contributed by atoms with Gasteiger partial charge in [0.2, 0.25) is 0 Å². The summed E-state index contributed by atoms with van der Waals surface area (Å²) in [6.45, 7) is 2.68. The Morgan fingerprint density at radius 1 is 1.20 bits per heavy atom. The topological polar surface area (TPSA) is 46.3 Å². The molecular weight excluding hydrogens is 272 g/mol. The molecule has 1 amide bonds. The van der Waals surface area contributed by atoms with Gasteiger partial charge >= 0.3 is 0 Å². The number of nitrogens with zero attached hydrogens (tertiary/aromatic N) is 1. The highest BCUT2D eigenvalue weighted by atomic mass is 35.5. The van der Waals surface area contributed by atoms with Crippen LogP contribution >= 0.6 is 11.6 Å². The van der Waals surface area contributed by atoms with Crippen LogP contribution in [0.15, 0.2) is 48.5 Å². The molecule has 0 bridgehead atoms. The number of hydrogen-bond acceptors (Lipinski definition) is 2. The Bertz CT molecular complexity index is 596. The largest absolute Gasteiger partial charge is 0.399 e. The number of nitrogen functional groups attached to an aromatic ring is 1. The maximum absolute atomic E-state index is 12.6. The van der Waals surface area contributed by atoms with Crippen LogP contribution in [-0.4, -0.2) is 12.5 Å². The fourth-order valence-electron chi connectivity index (χ4n) is 2.01. The molecule has 2 rings (SSSR count). The maximum Gasteiger partial charge on any atom is 0.258 e. The molecule has 0 aliphatic carbocycles. The highest BCUT2D eigenvalue weighted by Gasteiger charge is 2.16. The van der Waals surface area contributed by atoms with Gasteiger partial charge in [-0.15, -0.1) is 0 Å². The van der Waals surface area contributed by atoms with Gasteiger partial charge in [-0.25, -0.2) is 0 Å². The van der Waals surface area contributed by atoms with E-state index in [-0.39, 0.29) is 5.91 Å². The molecule has 3 nitrogen and oxygen atoms in total. The average Bonchev–Trinajstić information content (AvgIpc) is 2.45. The molecule has 0 saturated carbocycles. The summed E-state index contributed by atoms with van der Waals surface area (Å²) >= 11 is 5.85. The number of benzene rings is 2. The first-order chi connectivity index (χ1) is 9.61. The Balaban J connectivity index is 2.33. The molecule has 0 radical (unpaired) electrons. The average molecular weight is 289 g/mol. The molecule has 0 spiro atoms. The van der Waals surface area contributed by atoms with E-state index in [0.29, 0.717) is 22.8 Å². The number of carbonyl (C=O) groups excluding carboxylic acids is 1. The number of amides is 1. The van der Waals surface area contributed by atoms with Crippen LogP contribution in [-0.2, 0) is 0 Å². The van der Waals surface area contributed by atoms with Gasteiger partial charge in [-0.3, -0.25) is 4.79 Å². The van der Waals surface area contributed by atoms with E-state index in [4.69, 9.17) is 17.3 Å². The summed E-state index contributed by atoms with van der Waals surface area (Å²) in [5.74, 6) is -0.0471. The third kappa shape index (κ3) is 3.31. The lowest BCUT2D eigenvalue weighted by Crippen LogP contribution is -2.31. The number of carbonyl (C=O) groups is 1. The summed E-state index contributed by atoms with van der Waals surface area (Å²) in [5.41, 5.74) is 7.87. The molecule has 0 aromatic heterocycles. The maximum atomic E-state index is 12.6. The lowest BCUT2D eigenvalue weighted by Gasteiger charge is -2.22. The van der Waals surface area contributed by atoms with E-state index < -0.39 is 0 Å². The van der Waals surface area contributed by atoms with Crippen molar-refractivity contribution in [3.63, 3.8) is 0 Å². The second kappa shape index (κ2) is 6.44. The monoisotopic (exact) mass is 288 g/mol. The highest BCUT2D eigenvalue weighted by Crippen LogP contribution is 2.21. The molecule has 0 aliphatic rings. The highest BCUT2D eigenvalue weighted by molar-refractivity contribution is 6.30. The van der Waals surface area contributed by atoms with Gasteiger partial charge in [-0.2, -0.15) is 0 Å². The summed E-state index contributed by atoms with van der Waals surface area (Å²) in [6.07, 6.45) is 0.869. The minimum Gasteiger partial charge on any atom is -0.399 e. The third-order valence-corrected chi connectivity index (χ3v) is 3.22. The zero-order chi connectivity index (χ0) is 14.5. The fraction of sp³-hybridized carbons (Fsp3) is 0.188. The minimum atomic E-state index is -0.0471. The van der Waals surface area contributed by atoms with Crippen molar-refractivity contribution in [3.05, 3.63) is 59.1 Å². The van der Waals surface area contributed by atoms with Crippen LogP contribution < -0.4 is 10.6 Å². The normalized spacial score (nSPS) is 10.3. The van der Waals surface area contributed by atoms with Crippen LogP contribution in [0.25, 0.3) is 0 Å². The van der Waals surface area contributed by atoms with Gasteiger partial charge in [-0.05, 0) is 48.9 Å². The van der Waals surface area contributed by atoms with E-state index in [1.807, 2.05) is 25.1 Å². The Hall–Kier alpha value is -2.00. The van der Waals surface area contributed by atoms with Crippen molar-refractivity contribution in [2.45, 2.75) is 13.3 Å². The summed E-state index contributed by atoms with van der Waals surface area (Å²) in [5, 5.41) is 0.618. The number of halogens is 1. The lowest BCUT2D eigenvalue weighted by molar-refractivity contribution is 0.0987.